The van der Waals surface area contributed by atoms with Crippen LogP contribution in [0.25, 0.3) is 0 Å². The lowest BCUT2D eigenvalue weighted by Gasteiger charge is -2.19. The molecule has 2 amide bonds. The third kappa shape index (κ3) is 7.78. The van der Waals surface area contributed by atoms with Crippen molar-refractivity contribution in [3.63, 3.8) is 0 Å². The van der Waals surface area contributed by atoms with E-state index in [4.69, 9.17) is 4.74 Å². The second kappa shape index (κ2) is 9.87. The Morgan fingerprint density at radius 3 is 2.14 bits per heavy atom. The number of carbonyl (C=O) groups excluding carboxylic acids is 3. The molecule has 0 bridgehead atoms. The van der Waals surface area contributed by atoms with Crippen LogP contribution in [0.2, 0.25) is 0 Å². The van der Waals surface area contributed by atoms with Crippen LogP contribution in [0, 0.1) is 0 Å². The number of hydrogen-bond donors (Lipinski definition) is 2. The van der Waals surface area contributed by atoms with Gasteiger partial charge in [0.2, 0.25) is 5.91 Å². The molecule has 2 aromatic carbocycles. The summed E-state index contributed by atoms with van der Waals surface area (Å²) in [5.41, 5.74) is 3.46. The summed E-state index contributed by atoms with van der Waals surface area (Å²) in [5, 5.41) is 5.27. The van der Waals surface area contributed by atoms with E-state index in [9.17, 15) is 14.4 Å². The minimum Gasteiger partial charge on any atom is -0.456 e. The number of esters is 1. The van der Waals surface area contributed by atoms with Crippen molar-refractivity contribution in [1.82, 2.24) is 0 Å². The second-order valence-corrected chi connectivity index (χ2v) is 7.92. The van der Waals surface area contributed by atoms with E-state index >= 15 is 0 Å². The molecule has 2 N–H and O–H groups in total. The van der Waals surface area contributed by atoms with Gasteiger partial charge in [-0.25, -0.2) is 0 Å². The van der Waals surface area contributed by atoms with Gasteiger partial charge in [0.15, 0.2) is 6.61 Å². The first-order valence-electron chi connectivity index (χ1n) is 9.56. The van der Waals surface area contributed by atoms with E-state index in [1.807, 2.05) is 12.1 Å². The van der Waals surface area contributed by atoms with Gasteiger partial charge in [0, 0.05) is 24.7 Å². The third-order valence-electron chi connectivity index (χ3n) is 4.27. The van der Waals surface area contributed by atoms with Gasteiger partial charge in [-0.15, -0.1) is 0 Å². The van der Waals surface area contributed by atoms with Crippen LogP contribution < -0.4 is 10.6 Å². The average molecular weight is 396 g/mol. The highest BCUT2D eigenvalue weighted by Gasteiger charge is 2.13. The Morgan fingerprint density at radius 2 is 1.55 bits per heavy atom. The highest BCUT2D eigenvalue weighted by Crippen LogP contribution is 2.22. The number of aryl methyl sites for hydroxylation is 1. The number of hydrogen-bond acceptors (Lipinski definition) is 4. The number of nitrogens with one attached hydrogen (secondary N) is 2. The summed E-state index contributed by atoms with van der Waals surface area (Å²) >= 11 is 0. The maximum atomic E-state index is 12.0. The van der Waals surface area contributed by atoms with E-state index in [-0.39, 0.29) is 24.3 Å². The van der Waals surface area contributed by atoms with Crippen LogP contribution in [-0.4, -0.2) is 24.4 Å². The van der Waals surface area contributed by atoms with Gasteiger partial charge < -0.3 is 15.4 Å². The van der Waals surface area contributed by atoms with Gasteiger partial charge in [-0.1, -0.05) is 51.1 Å². The number of benzene rings is 2. The van der Waals surface area contributed by atoms with Crippen LogP contribution in [0.4, 0.5) is 11.4 Å². The molecule has 2 rings (SSSR count). The standard InChI is InChI=1S/C23H28N2O4/c1-16(26)24-19-6-5-7-20(14-19)25-21(27)15-29-22(28)13-10-17-8-11-18(12-9-17)23(2,3)4/h5-9,11-12,14H,10,13,15H2,1-4H3,(H,24,26)(H,25,27). The van der Waals surface area contributed by atoms with Crippen molar-refractivity contribution < 1.29 is 19.1 Å². The van der Waals surface area contributed by atoms with Crippen molar-refractivity contribution in [2.24, 2.45) is 0 Å². The van der Waals surface area contributed by atoms with E-state index in [0.717, 1.165) is 5.56 Å². The summed E-state index contributed by atoms with van der Waals surface area (Å²) in [4.78, 5) is 35.0. The average Bonchev–Trinajstić information content (AvgIpc) is 2.64. The zero-order chi connectivity index (χ0) is 21.4. The molecular formula is C23H28N2O4. The topological polar surface area (TPSA) is 84.5 Å². The summed E-state index contributed by atoms with van der Waals surface area (Å²) in [7, 11) is 0. The highest BCUT2D eigenvalue weighted by molar-refractivity contribution is 5.94. The normalized spacial score (nSPS) is 10.9. The molecule has 0 aliphatic rings. The zero-order valence-corrected chi connectivity index (χ0v) is 17.4. The van der Waals surface area contributed by atoms with Crippen molar-refractivity contribution in [1.29, 1.82) is 0 Å². The fraction of sp³-hybridized carbons (Fsp3) is 0.348. The maximum absolute atomic E-state index is 12.0. The lowest BCUT2D eigenvalue weighted by molar-refractivity contribution is -0.147. The molecule has 0 unspecified atom stereocenters. The Labute approximate surface area is 171 Å². The van der Waals surface area contributed by atoms with Crippen LogP contribution in [0.5, 0.6) is 0 Å². The van der Waals surface area contributed by atoms with Crippen LogP contribution in [0.15, 0.2) is 48.5 Å². The lowest BCUT2D eigenvalue weighted by atomic mass is 9.86. The van der Waals surface area contributed by atoms with Gasteiger partial charge in [0.25, 0.3) is 5.91 Å². The van der Waals surface area contributed by atoms with Crippen molar-refractivity contribution in [3.05, 3.63) is 59.7 Å². The van der Waals surface area contributed by atoms with Crippen LogP contribution in [0.1, 0.15) is 45.2 Å². The molecule has 0 heterocycles. The zero-order valence-electron chi connectivity index (χ0n) is 17.4. The van der Waals surface area contributed by atoms with Crippen molar-refractivity contribution in [3.8, 4) is 0 Å². The fourth-order valence-corrected chi connectivity index (χ4v) is 2.71. The van der Waals surface area contributed by atoms with E-state index < -0.39 is 11.9 Å². The molecule has 0 radical (unpaired) electrons. The second-order valence-electron chi connectivity index (χ2n) is 7.92. The molecule has 0 aromatic heterocycles. The molecule has 29 heavy (non-hydrogen) atoms. The molecule has 0 fully saturated rings. The van der Waals surface area contributed by atoms with E-state index in [2.05, 4.69) is 43.5 Å². The Balaban J connectivity index is 1.76. The minimum absolute atomic E-state index is 0.0898. The fourth-order valence-electron chi connectivity index (χ4n) is 2.71. The summed E-state index contributed by atoms with van der Waals surface area (Å²) in [5.74, 6) is -1.06. The van der Waals surface area contributed by atoms with Crippen LogP contribution in [-0.2, 0) is 31.0 Å². The lowest BCUT2D eigenvalue weighted by Crippen LogP contribution is -2.21. The smallest absolute Gasteiger partial charge is 0.306 e. The van der Waals surface area contributed by atoms with Crippen LogP contribution >= 0.6 is 0 Å². The molecule has 6 nitrogen and oxygen atoms in total. The molecular weight excluding hydrogens is 368 g/mol. The minimum atomic E-state index is -0.437. The van der Waals surface area contributed by atoms with Gasteiger partial charge in [-0.2, -0.15) is 0 Å². The number of rotatable bonds is 7. The van der Waals surface area contributed by atoms with Gasteiger partial charge in [-0.05, 0) is 41.2 Å². The number of ether oxygens (including phenoxy) is 1. The first kappa shape index (κ1) is 22.1. The quantitative estimate of drug-likeness (QED) is 0.692. The predicted molar refractivity (Wildman–Crippen MR) is 114 cm³/mol. The van der Waals surface area contributed by atoms with E-state index in [1.165, 1.54) is 12.5 Å². The largest absolute Gasteiger partial charge is 0.456 e. The number of anilines is 2. The molecule has 0 atom stereocenters. The van der Waals surface area contributed by atoms with Crippen LogP contribution in [0.3, 0.4) is 0 Å². The summed E-state index contributed by atoms with van der Waals surface area (Å²) in [6.07, 6.45) is 0.768. The first-order valence-corrected chi connectivity index (χ1v) is 9.56. The Hall–Kier alpha value is -3.15. The summed E-state index contributed by atoms with van der Waals surface area (Å²) < 4.78 is 5.05. The Morgan fingerprint density at radius 1 is 0.931 bits per heavy atom. The van der Waals surface area contributed by atoms with E-state index in [0.29, 0.717) is 17.8 Å². The van der Waals surface area contributed by atoms with Gasteiger partial charge in [0.05, 0.1) is 0 Å². The van der Waals surface area contributed by atoms with Gasteiger partial charge in [-0.3, -0.25) is 14.4 Å². The van der Waals surface area contributed by atoms with Crippen molar-refractivity contribution >= 4 is 29.2 Å². The van der Waals surface area contributed by atoms with Gasteiger partial charge >= 0.3 is 5.97 Å². The number of carbonyl (C=O) groups is 3. The Bertz CT molecular complexity index is 867. The molecule has 0 spiro atoms. The number of amides is 2. The van der Waals surface area contributed by atoms with Crippen molar-refractivity contribution in [2.75, 3.05) is 17.2 Å². The maximum Gasteiger partial charge on any atom is 0.306 e. The molecule has 0 aliphatic heterocycles. The molecule has 6 heteroatoms. The van der Waals surface area contributed by atoms with Crippen molar-refractivity contribution in [2.45, 2.75) is 46.0 Å². The molecule has 154 valence electrons. The molecule has 2 aromatic rings. The third-order valence-corrected chi connectivity index (χ3v) is 4.27. The molecule has 0 aliphatic carbocycles. The first-order chi connectivity index (χ1) is 13.6. The predicted octanol–water partition coefficient (Wildman–Crippen LogP) is 4.06. The van der Waals surface area contributed by atoms with E-state index in [1.54, 1.807) is 24.3 Å². The summed E-state index contributed by atoms with van der Waals surface area (Å²) in [6.45, 7) is 7.51. The highest BCUT2D eigenvalue weighted by atomic mass is 16.5. The summed E-state index contributed by atoms with van der Waals surface area (Å²) in [6, 6.07) is 14.9. The Kier molecular flexibility index (Phi) is 7.53. The SMILES string of the molecule is CC(=O)Nc1cccc(NC(=O)COC(=O)CCc2ccc(C(C)(C)C)cc2)c1. The molecule has 0 saturated carbocycles. The monoisotopic (exact) mass is 396 g/mol. The van der Waals surface area contributed by atoms with Gasteiger partial charge in [0.1, 0.15) is 0 Å². The molecule has 0 saturated heterocycles.